The molecule has 110 valence electrons. The molecule has 1 fully saturated rings. The normalized spacial score (nSPS) is 20.9. The molecule has 1 saturated heterocycles. The van der Waals surface area contributed by atoms with Gasteiger partial charge in [-0.1, -0.05) is 29.3 Å². The molecule has 0 radical (unpaired) electrons. The van der Waals surface area contributed by atoms with Gasteiger partial charge in [0.1, 0.15) is 0 Å². The van der Waals surface area contributed by atoms with Crippen LogP contribution in [0.4, 0.5) is 0 Å². The lowest BCUT2D eigenvalue weighted by molar-refractivity contribution is -0.130. The quantitative estimate of drug-likeness (QED) is 0.850. The Balaban J connectivity index is 2.05. The monoisotopic (exact) mass is 335 g/mol. The predicted molar refractivity (Wildman–Crippen MR) is 80.0 cm³/mol. The lowest BCUT2D eigenvalue weighted by Crippen LogP contribution is -2.38. The van der Waals surface area contributed by atoms with Crippen LogP contribution in [-0.4, -0.2) is 43.8 Å². The second-order valence-electron chi connectivity index (χ2n) is 4.97. The smallest absolute Gasteiger partial charge is 0.227 e. The molecule has 7 heteroatoms. The zero-order valence-corrected chi connectivity index (χ0v) is 13.3. The van der Waals surface area contributed by atoms with E-state index in [1.54, 1.807) is 25.2 Å². The number of carbonyl (C=O) groups excluding carboxylic acids is 1. The average Bonchev–Trinajstić information content (AvgIpc) is 2.72. The molecular weight excluding hydrogens is 321 g/mol. The van der Waals surface area contributed by atoms with Gasteiger partial charge in [-0.2, -0.15) is 0 Å². The van der Waals surface area contributed by atoms with E-state index in [0.717, 1.165) is 0 Å². The predicted octanol–water partition coefficient (Wildman–Crippen LogP) is 2.18. The van der Waals surface area contributed by atoms with Crippen LogP contribution in [0.3, 0.4) is 0 Å². The summed E-state index contributed by atoms with van der Waals surface area (Å²) in [6.45, 7) is 0. The van der Waals surface area contributed by atoms with Crippen molar-refractivity contribution in [1.29, 1.82) is 0 Å². The summed E-state index contributed by atoms with van der Waals surface area (Å²) >= 11 is 11.8. The van der Waals surface area contributed by atoms with Crippen molar-refractivity contribution in [3.63, 3.8) is 0 Å². The molecule has 1 aliphatic heterocycles. The molecule has 20 heavy (non-hydrogen) atoms. The Kier molecular flexibility index (Phi) is 4.62. The highest BCUT2D eigenvalue weighted by Gasteiger charge is 2.32. The second-order valence-corrected chi connectivity index (χ2v) is 8.05. The lowest BCUT2D eigenvalue weighted by Gasteiger charge is -2.23. The number of benzene rings is 1. The van der Waals surface area contributed by atoms with Gasteiger partial charge in [0.25, 0.3) is 0 Å². The van der Waals surface area contributed by atoms with Gasteiger partial charge in [-0.15, -0.1) is 0 Å². The number of rotatable bonds is 3. The minimum absolute atomic E-state index is 0.0452. The third-order valence-electron chi connectivity index (χ3n) is 3.51. The Morgan fingerprint density at radius 3 is 2.65 bits per heavy atom. The van der Waals surface area contributed by atoms with Crippen molar-refractivity contribution < 1.29 is 13.2 Å². The van der Waals surface area contributed by atoms with E-state index in [4.69, 9.17) is 23.2 Å². The van der Waals surface area contributed by atoms with E-state index < -0.39 is 9.84 Å². The molecule has 4 nitrogen and oxygen atoms in total. The number of hydrogen-bond acceptors (Lipinski definition) is 3. The highest BCUT2D eigenvalue weighted by molar-refractivity contribution is 7.91. The van der Waals surface area contributed by atoms with Gasteiger partial charge in [0.2, 0.25) is 5.91 Å². The molecule has 0 N–H and O–H groups in total. The Hall–Kier alpha value is -0.780. The van der Waals surface area contributed by atoms with E-state index >= 15 is 0 Å². The van der Waals surface area contributed by atoms with Gasteiger partial charge in [-0.05, 0) is 24.1 Å². The Bertz CT molecular complexity index is 631. The highest BCUT2D eigenvalue weighted by Crippen LogP contribution is 2.23. The fourth-order valence-electron chi connectivity index (χ4n) is 2.24. The van der Waals surface area contributed by atoms with Crippen molar-refractivity contribution in [1.82, 2.24) is 4.90 Å². The number of sulfone groups is 1. The molecule has 1 atom stereocenters. The Morgan fingerprint density at radius 2 is 2.10 bits per heavy atom. The van der Waals surface area contributed by atoms with E-state index in [1.807, 2.05) is 0 Å². The summed E-state index contributed by atoms with van der Waals surface area (Å²) in [5, 5.41) is 0.958. The minimum Gasteiger partial charge on any atom is -0.341 e. The Labute approximate surface area is 128 Å². The van der Waals surface area contributed by atoms with E-state index in [0.29, 0.717) is 22.0 Å². The maximum atomic E-state index is 12.2. The van der Waals surface area contributed by atoms with Gasteiger partial charge < -0.3 is 4.90 Å². The summed E-state index contributed by atoms with van der Waals surface area (Å²) in [6.07, 6.45) is 0.641. The minimum atomic E-state index is -3.00. The van der Waals surface area contributed by atoms with Gasteiger partial charge in [0.15, 0.2) is 9.84 Å². The van der Waals surface area contributed by atoms with Crippen molar-refractivity contribution in [2.45, 2.75) is 18.9 Å². The molecule has 0 aliphatic carbocycles. The zero-order chi connectivity index (χ0) is 14.9. The molecular formula is C13H15Cl2NO3S. The molecule has 1 aromatic rings. The highest BCUT2D eigenvalue weighted by atomic mass is 35.5. The first kappa shape index (κ1) is 15.6. The summed E-state index contributed by atoms with van der Waals surface area (Å²) in [5.74, 6) is 0.0527. The first-order chi connectivity index (χ1) is 9.28. The number of carbonyl (C=O) groups is 1. The fourth-order valence-corrected chi connectivity index (χ4v) is 4.49. The number of nitrogens with zero attached hydrogens (tertiary/aromatic N) is 1. The number of likely N-dealkylation sites (N-methyl/N-ethyl adjacent to an activating group) is 1. The van der Waals surface area contributed by atoms with Crippen LogP contribution in [0.15, 0.2) is 18.2 Å². The van der Waals surface area contributed by atoms with Crippen LogP contribution in [-0.2, 0) is 21.1 Å². The van der Waals surface area contributed by atoms with Crippen molar-refractivity contribution in [2.24, 2.45) is 0 Å². The van der Waals surface area contributed by atoms with E-state index in [9.17, 15) is 13.2 Å². The van der Waals surface area contributed by atoms with Gasteiger partial charge >= 0.3 is 0 Å². The molecule has 0 aromatic heterocycles. The standard InChI is InChI=1S/C13H15Cl2NO3S/c1-16(11-4-5-20(18,19)8-11)13(17)6-9-2-3-10(14)7-12(9)15/h2-3,7,11H,4-6,8H2,1H3. The van der Waals surface area contributed by atoms with Gasteiger partial charge in [-0.3, -0.25) is 4.79 Å². The molecule has 0 saturated carbocycles. The maximum absolute atomic E-state index is 12.2. The van der Waals surface area contributed by atoms with Gasteiger partial charge in [0, 0.05) is 23.1 Å². The van der Waals surface area contributed by atoms with Crippen molar-refractivity contribution >= 4 is 38.9 Å². The zero-order valence-electron chi connectivity index (χ0n) is 11.0. The molecule has 1 aliphatic rings. The third-order valence-corrected chi connectivity index (χ3v) is 5.84. The fraction of sp³-hybridized carbons (Fsp3) is 0.462. The number of halogens is 2. The largest absolute Gasteiger partial charge is 0.341 e. The SMILES string of the molecule is CN(C(=O)Cc1ccc(Cl)cc1Cl)C1CCS(=O)(=O)C1. The Morgan fingerprint density at radius 1 is 1.40 bits per heavy atom. The first-order valence-electron chi connectivity index (χ1n) is 6.18. The summed E-state index contributed by atoms with van der Waals surface area (Å²) in [4.78, 5) is 13.7. The van der Waals surface area contributed by atoms with Crippen molar-refractivity contribution in [2.75, 3.05) is 18.6 Å². The summed E-state index contributed by atoms with van der Waals surface area (Å²) in [7, 11) is -1.36. The summed E-state index contributed by atoms with van der Waals surface area (Å²) < 4.78 is 22.9. The van der Waals surface area contributed by atoms with Gasteiger partial charge in [0.05, 0.1) is 17.9 Å². The first-order valence-corrected chi connectivity index (χ1v) is 8.76. The second kappa shape index (κ2) is 5.92. The average molecular weight is 336 g/mol. The topological polar surface area (TPSA) is 54.5 Å². The van der Waals surface area contributed by atoms with Crippen LogP contribution >= 0.6 is 23.2 Å². The number of amides is 1. The molecule has 1 amide bonds. The van der Waals surface area contributed by atoms with Crippen LogP contribution in [0.2, 0.25) is 10.0 Å². The van der Waals surface area contributed by atoms with Crippen LogP contribution < -0.4 is 0 Å². The maximum Gasteiger partial charge on any atom is 0.227 e. The summed E-state index contributed by atoms with van der Waals surface area (Å²) in [6, 6.07) is 4.74. The number of hydrogen-bond donors (Lipinski definition) is 0. The van der Waals surface area contributed by atoms with Crippen LogP contribution in [0.25, 0.3) is 0 Å². The van der Waals surface area contributed by atoms with Gasteiger partial charge in [-0.25, -0.2) is 8.42 Å². The van der Waals surface area contributed by atoms with E-state index in [2.05, 4.69) is 0 Å². The van der Waals surface area contributed by atoms with Crippen LogP contribution in [0.1, 0.15) is 12.0 Å². The molecule has 1 aromatic carbocycles. The van der Waals surface area contributed by atoms with Crippen molar-refractivity contribution in [3.05, 3.63) is 33.8 Å². The molecule has 2 rings (SSSR count). The van der Waals surface area contributed by atoms with Crippen LogP contribution in [0, 0.1) is 0 Å². The van der Waals surface area contributed by atoms with E-state index in [1.165, 1.54) is 4.90 Å². The van der Waals surface area contributed by atoms with E-state index in [-0.39, 0.29) is 29.9 Å². The molecule has 1 unspecified atom stereocenters. The van der Waals surface area contributed by atoms with Crippen molar-refractivity contribution in [3.8, 4) is 0 Å². The summed E-state index contributed by atoms with van der Waals surface area (Å²) in [5.41, 5.74) is 0.689. The third kappa shape index (κ3) is 3.65. The van der Waals surface area contributed by atoms with Crippen LogP contribution in [0.5, 0.6) is 0 Å². The molecule has 0 spiro atoms. The lowest BCUT2D eigenvalue weighted by atomic mass is 10.1. The molecule has 1 heterocycles. The molecule has 0 bridgehead atoms.